The summed E-state index contributed by atoms with van der Waals surface area (Å²) in [6, 6.07) is 0. The van der Waals surface area contributed by atoms with Gasteiger partial charge in [0, 0.05) is 51.7 Å². The van der Waals surface area contributed by atoms with Crippen molar-refractivity contribution in [1.29, 1.82) is 0 Å². The third-order valence-electron chi connectivity index (χ3n) is 0. The Bertz CT molecular complexity index is 16.1. The Morgan fingerprint density at radius 3 is 0.571 bits per heavy atom. The van der Waals surface area contributed by atoms with Gasteiger partial charge >= 0.3 is 0 Å². The van der Waals surface area contributed by atoms with Crippen LogP contribution in [0.2, 0.25) is 0 Å². The minimum atomic E-state index is 0. The molecule has 0 rings (SSSR count). The van der Waals surface area contributed by atoms with Crippen LogP contribution in [0, 0.1) is 27.7 Å². The number of hydrogen-bond donors (Lipinski definition) is 1. The molecule has 4 heteroatoms. The summed E-state index contributed by atoms with van der Waals surface area (Å²) >= 11 is 0. The Balaban J connectivity index is -0.00000000500. The van der Waals surface area contributed by atoms with Gasteiger partial charge < -0.3 is 39.2 Å². The van der Waals surface area contributed by atoms with Gasteiger partial charge in [0.1, 0.15) is 0 Å². The van der Waals surface area contributed by atoms with Crippen LogP contribution < -0.4 is 5.73 Å². The van der Waals surface area contributed by atoms with Crippen LogP contribution in [0.1, 0.15) is 27.7 Å². The summed E-state index contributed by atoms with van der Waals surface area (Å²) in [6.45, 7) is 20.0. The number of nitrogens with two attached hydrogens (primary N) is 1. The van der Waals surface area contributed by atoms with Gasteiger partial charge in [-0.15, -0.1) is 0 Å². The largest absolute Gasteiger partial charge is 0.680 e. The van der Waals surface area contributed by atoms with Crippen molar-refractivity contribution in [2.75, 3.05) is 14.1 Å². The van der Waals surface area contributed by atoms with E-state index in [4.69, 9.17) is 5.73 Å². The predicted octanol–water partition coefficient (Wildman–Crippen LogP) is 3.60. The molecule has 0 unspecified atom stereocenters. The molecule has 0 radical (unpaired) electrons. The molecule has 0 aromatic rings. The van der Waals surface area contributed by atoms with E-state index in [0.717, 1.165) is 0 Å². The van der Waals surface area contributed by atoms with Gasteiger partial charge in [-0.2, -0.15) is 34.7 Å². The Morgan fingerprint density at radius 1 is 0.571 bits per heavy atom. The first kappa shape index (κ1) is 57.4. The molecule has 0 saturated carbocycles. The summed E-state index contributed by atoms with van der Waals surface area (Å²) in [5.41, 5.74) is 10.2. The topological polar surface area (TPSA) is 49.8 Å². The number of nitrogens with one attached hydrogen (secondary N) is 1. The molecule has 0 fully saturated rings. The van der Waals surface area contributed by atoms with Crippen molar-refractivity contribution < 1.29 is 51.7 Å². The van der Waals surface area contributed by atoms with Crippen LogP contribution in [-0.2, 0) is 51.7 Å². The van der Waals surface area contributed by atoms with Crippen molar-refractivity contribution in [3.63, 3.8) is 0 Å². The summed E-state index contributed by atoms with van der Waals surface area (Å²) in [7, 11) is 2.75. The fourth-order valence-electron chi connectivity index (χ4n) is 0. The van der Waals surface area contributed by atoms with Gasteiger partial charge in [-0.3, -0.25) is 0 Å². The zero-order valence-electron chi connectivity index (χ0n) is 10.9. The van der Waals surface area contributed by atoms with Gasteiger partial charge in [-0.25, -0.2) is 0 Å². The van der Waals surface area contributed by atoms with Gasteiger partial charge in [0.05, 0.1) is 0 Å². The van der Waals surface area contributed by atoms with Crippen LogP contribution in [0.4, 0.5) is 0 Å². The van der Waals surface area contributed by atoms with E-state index >= 15 is 0 Å². The predicted molar refractivity (Wildman–Crippen MR) is 64.5 cm³/mol. The van der Waals surface area contributed by atoms with Crippen LogP contribution in [-0.4, -0.2) is 14.1 Å². The molecule has 0 atom stereocenters. The molecule has 0 aliphatic carbocycles. The zero-order chi connectivity index (χ0) is 12.0. The molecule has 0 aliphatic heterocycles. The molecule has 0 saturated heterocycles. The van der Waals surface area contributed by atoms with E-state index in [1.54, 1.807) is 27.7 Å². The minimum Gasteiger partial charge on any atom is -0.680 e. The van der Waals surface area contributed by atoms with Gasteiger partial charge in [0.25, 0.3) is 0 Å². The normalized spacial score (nSPS) is 2.57. The summed E-state index contributed by atoms with van der Waals surface area (Å²) in [5, 5.41) is 0. The van der Waals surface area contributed by atoms with E-state index in [2.05, 4.69) is 33.4 Å². The molecule has 2 nitrogen and oxygen atoms in total. The summed E-state index contributed by atoms with van der Waals surface area (Å²) in [6.07, 6.45) is 0. The van der Waals surface area contributed by atoms with Gasteiger partial charge in [-0.1, -0.05) is 0 Å². The average molecular weight is 534 g/mol. The second kappa shape index (κ2) is 992. The molecule has 0 aromatic heterocycles. The quantitative estimate of drug-likeness (QED) is 0.375. The van der Waals surface area contributed by atoms with E-state index in [1.807, 2.05) is 0 Å². The van der Waals surface area contributed by atoms with Crippen molar-refractivity contribution in [2.45, 2.75) is 27.7 Å². The smallest absolute Gasteiger partial charge is 0 e. The molecule has 14 heavy (non-hydrogen) atoms. The van der Waals surface area contributed by atoms with Gasteiger partial charge in [-0.05, 0) is 7.05 Å². The fourth-order valence-corrected chi connectivity index (χ4v) is 0. The van der Waals surface area contributed by atoms with Crippen LogP contribution >= 0.6 is 0 Å². The van der Waals surface area contributed by atoms with Crippen LogP contribution in [0.15, 0.2) is 0 Å². The second-order valence-electron chi connectivity index (χ2n) is 0. The Morgan fingerprint density at radius 2 is 0.571 bits per heavy atom. The van der Waals surface area contributed by atoms with Crippen molar-refractivity contribution >= 4 is 0 Å². The third kappa shape index (κ3) is 794. The SMILES string of the molecule is CN.C[NH-].[CH2-]C.[CH2-]C.[CH2-]C.[CH2-]C.[Hf].[Hf]. The molecule has 92 valence electrons. The summed E-state index contributed by atoms with van der Waals surface area (Å²) in [4.78, 5) is 0. The molecule has 0 heterocycles. The Kier molecular flexibility index (Phi) is 4070. The maximum atomic E-state index is 5.75. The monoisotopic (exact) mass is 537 g/mol. The first-order chi connectivity index (χ1) is 6.00. The molecule has 0 spiro atoms. The molecule has 0 bridgehead atoms. The second-order valence-corrected chi connectivity index (χ2v) is 0. The van der Waals surface area contributed by atoms with Crippen molar-refractivity contribution in [2.24, 2.45) is 5.73 Å². The van der Waals surface area contributed by atoms with Crippen molar-refractivity contribution in [3.05, 3.63) is 33.4 Å². The van der Waals surface area contributed by atoms with Gasteiger partial charge in [0.15, 0.2) is 0 Å². The van der Waals surface area contributed by atoms with E-state index in [1.165, 1.54) is 14.1 Å². The first-order valence-corrected chi connectivity index (χ1v) is 3.91. The van der Waals surface area contributed by atoms with E-state index in [-0.39, 0.29) is 51.7 Å². The van der Waals surface area contributed by atoms with E-state index < -0.39 is 0 Å². The van der Waals surface area contributed by atoms with Crippen molar-refractivity contribution in [3.8, 4) is 0 Å². The van der Waals surface area contributed by atoms with Gasteiger partial charge in [0.2, 0.25) is 0 Å². The molecule has 3 N–H and O–H groups in total. The number of rotatable bonds is 0. The first-order valence-electron chi connectivity index (χ1n) is 3.91. The van der Waals surface area contributed by atoms with Crippen LogP contribution in [0.3, 0.4) is 0 Å². The summed E-state index contributed by atoms with van der Waals surface area (Å²) in [5.74, 6) is 0. The maximum absolute atomic E-state index is 5.75. The van der Waals surface area contributed by atoms with E-state index in [0.29, 0.717) is 0 Å². The zero-order valence-corrected chi connectivity index (χ0v) is 18.1. The molecule has 0 aromatic carbocycles. The maximum Gasteiger partial charge on any atom is 0 e. The Hall–Kier alpha value is 1.66. The number of hydrogen-bond acceptors (Lipinski definition) is 1. The average Bonchev–Trinajstić information content (AvgIpc) is 2.33. The standard InChI is InChI=1S/4C2H5.CH5N.CH4N.2Hf/c6*1-2;;/h4*1H2,2H3;2H2,1H3;2H,1H3;;/q4*-1;;-1;;. The molecular formula is C10H29Hf2N2-5. The van der Waals surface area contributed by atoms with Crippen LogP contribution in [0.25, 0.3) is 5.73 Å². The van der Waals surface area contributed by atoms with Crippen molar-refractivity contribution in [1.82, 2.24) is 0 Å². The summed E-state index contributed by atoms with van der Waals surface area (Å²) < 4.78 is 0. The fraction of sp³-hybridized carbons (Fsp3) is 0.600. The van der Waals surface area contributed by atoms with E-state index in [9.17, 15) is 0 Å². The van der Waals surface area contributed by atoms with Crippen LogP contribution in [0.5, 0.6) is 0 Å². The Labute approximate surface area is 132 Å². The third-order valence-corrected chi connectivity index (χ3v) is 0. The molecule has 0 amide bonds. The molecule has 0 aliphatic rings. The molecular weight excluding hydrogens is 505 g/mol. The minimum absolute atomic E-state index is 0.